The number of likely N-dealkylation sites (tertiary alicyclic amines) is 1. The number of rotatable bonds is 6. The maximum absolute atomic E-state index is 14.6. The van der Waals surface area contributed by atoms with E-state index in [0.29, 0.717) is 50.4 Å². The SMILES string of the molecule is CCN(C(=O)c1cc(F)ccc1N1CCN(C2CCCN(C(=O)[C@H]3NC[C@H]4CC[C@H](F)C43)CC2)c2ncncc21)C(C)C. The van der Waals surface area contributed by atoms with Gasteiger partial charge in [-0.1, -0.05) is 0 Å². The van der Waals surface area contributed by atoms with Gasteiger partial charge in [0.2, 0.25) is 5.91 Å². The normalized spacial score (nSPS) is 27.2. The van der Waals surface area contributed by atoms with E-state index in [-0.39, 0.29) is 35.7 Å². The standard InChI is InChI=1S/C32H43F2N7O2/c1-4-39(20(2)3)31(42)24-16-22(33)8-10-26(24)41-15-14-40(30-27(41)18-35-19-37-30)23-6-5-12-38(13-11-23)32(43)29-28-21(17-36-29)7-9-25(28)34/h8,10,16,18-21,23,25,28-29,36H,4-7,9,11-15,17H2,1-3H3/t21-,23?,25+,28?,29+/m1/s1. The highest BCUT2D eigenvalue weighted by Crippen LogP contribution is 2.42. The van der Waals surface area contributed by atoms with Crippen molar-refractivity contribution < 1.29 is 18.4 Å². The summed E-state index contributed by atoms with van der Waals surface area (Å²) in [6, 6.07) is 4.12. The summed E-state index contributed by atoms with van der Waals surface area (Å²) in [4.78, 5) is 44.1. The van der Waals surface area contributed by atoms with E-state index in [0.717, 1.165) is 43.7 Å². The van der Waals surface area contributed by atoms with Crippen molar-refractivity contribution in [3.05, 3.63) is 42.1 Å². The topological polar surface area (TPSA) is 84.9 Å². The largest absolute Gasteiger partial charge is 0.350 e. The number of nitrogens with one attached hydrogen (secondary N) is 1. The van der Waals surface area contributed by atoms with Gasteiger partial charge in [0.1, 0.15) is 24.0 Å². The van der Waals surface area contributed by atoms with Crippen LogP contribution in [0.2, 0.25) is 0 Å². The fraction of sp³-hybridized carbons (Fsp3) is 0.625. The average Bonchev–Trinajstić information content (AvgIpc) is 3.50. The maximum atomic E-state index is 14.6. The summed E-state index contributed by atoms with van der Waals surface area (Å²) in [6.07, 6.45) is 6.38. The van der Waals surface area contributed by atoms with Gasteiger partial charge in [-0.05, 0) is 83.5 Å². The predicted octanol–water partition coefficient (Wildman–Crippen LogP) is 4.16. The Kier molecular flexibility index (Phi) is 8.53. The third-order valence-electron chi connectivity index (χ3n) is 9.98. The Balaban J connectivity index is 1.21. The molecule has 232 valence electrons. The molecule has 1 aliphatic carbocycles. The van der Waals surface area contributed by atoms with Gasteiger partial charge in [-0.3, -0.25) is 9.59 Å². The van der Waals surface area contributed by atoms with E-state index < -0.39 is 18.0 Å². The summed E-state index contributed by atoms with van der Waals surface area (Å²) in [7, 11) is 0. The Bertz CT molecular complexity index is 1340. The lowest BCUT2D eigenvalue weighted by Crippen LogP contribution is -2.49. The van der Waals surface area contributed by atoms with Crippen molar-refractivity contribution in [3.8, 4) is 0 Å². The van der Waals surface area contributed by atoms with E-state index in [9.17, 15) is 18.4 Å². The van der Waals surface area contributed by atoms with E-state index in [1.54, 1.807) is 17.2 Å². The lowest BCUT2D eigenvalue weighted by Gasteiger charge is -2.42. The molecule has 2 aromatic rings. The molecule has 4 heterocycles. The Morgan fingerprint density at radius 3 is 2.72 bits per heavy atom. The number of carbonyl (C=O) groups excluding carboxylic acids is 2. The number of amides is 2. The average molecular weight is 596 g/mol. The molecule has 2 unspecified atom stereocenters. The van der Waals surface area contributed by atoms with Crippen LogP contribution in [0.15, 0.2) is 30.7 Å². The smallest absolute Gasteiger partial charge is 0.256 e. The van der Waals surface area contributed by atoms with Crippen LogP contribution in [0.5, 0.6) is 0 Å². The van der Waals surface area contributed by atoms with Gasteiger partial charge < -0.3 is 24.9 Å². The molecule has 11 heteroatoms. The molecule has 2 amide bonds. The van der Waals surface area contributed by atoms with E-state index in [4.69, 9.17) is 0 Å². The van der Waals surface area contributed by atoms with E-state index >= 15 is 0 Å². The monoisotopic (exact) mass is 595 g/mol. The zero-order valence-corrected chi connectivity index (χ0v) is 25.4. The molecule has 0 bridgehead atoms. The first-order chi connectivity index (χ1) is 20.8. The zero-order chi connectivity index (χ0) is 30.2. The predicted molar refractivity (Wildman–Crippen MR) is 162 cm³/mol. The second kappa shape index (κ2) is 12.3. The van der Waals surface area contributed by atoms with Gasteiger partial charge in [-0.25, -0.2) is 18.7 Å². The first-order valence-electron chi connectivity index (χ1n) is 15.9. The van der Waals surface area contributed by atoms with E-state index in [1.165, 1.54) is 18.5 Å². The molecule has 1 saturated carbocycles. The number of anilines is 3. The number of hydrogen-bond donors (Lipinski definition) is 1. The van der Waals surface area contributed by atoms with Crippen LogP contribution in [-0.2, 0) is 4.79 Å². The van der Waals surface area contributed by atoms with E-state index in [1.807, 2.05) is 30.6 Å². The van der Waals surface area contributed by atoms with Crippen molar-refractivity contribution in [2.45, 2.75) is 77.2 Å². The highest BCUT2D eigenvalue weighted by molar-refractivity contribution is 6.01. The van der Waals surface area contributed by atoms with Crippen LogP contribution in [0.4, 0.5) is 26.0 Å². The summed E-state index contributed by atoms with van der Waals surface area (Å²) in [5.41, 5.74) is 1.73. The van der Waals surface area contributed by atoms with Gasteiger partial charge in [0, 0.05) is 50.7 Å². The maximum Gasteiger partial charge on any atom is 0.256 e. The molecule has 1 aromatic carbocycles. The molecule has 6 rings (SSSR count). The Morgan fingerprint density at radius 2 is 1.93 bits per heavy atom. The second-order valence-corrected chi connectivity index (χ2v) is 12.6. The van der Waals surface area contributed by atoms with Gasteiger partial charge in [0.15, 0.2) is 5.82 Å². The fourth-order valence-electron chi connectivity index (χ4n) is 7.83. The number of halogens is 2. The van der Waals surface area contributed by atoms with Crippen molar-refractivity contribution in [1.29, 1.82) is 0 Å². The minimum Gasteiger partial charge on any atom is -0.350 e. The van der Waals surface area contributed by atoms with Crippen LogP contribution in [0.3, 0.4) is 0 Å². The first kappa shape index (κ1) is 29.7. The van der Waals surface area contributed by atoms with Crippen LogP contribution in [0.25, 0.3) is 0 Å². The van der Waals surface area contributed by atoms with Crippen molar-refractivity contribution in [2.24, 2.45) is 11.8 Å². The van der Waals surface area contributed by atoms with Gasteiger partial charge >= 0.3 is 0 Å². The van der Waals surface area contributed by atoms with Crippen LogP contribution in [0.1, 0.15) is 63.2 Å². The van der Waals surface area contributed by atoms with Crippen molar-refractivity contribution in [1.82, 2.24) is 25.1 Å². The Hall–Kier alpha value is -3.34. The van der Waals surface area contributed by atoms with Gasteiger partial charge in [0.25, 0.3) is 5.91 Å². The third-order valence-corrected chi connectivity index (χ3v) is 9.98. The molecular weight excluding hydrogens is 552 g/mol. The van der Waals surface area contributed by atoms with Gasteiger partial charge in [0.05, 0.1) is 23.5 Å². The van der Waals surface area contributed by atoms with Crippen LogP contribution < -0.4 is 15.1 Å². The van der Waals surface area contributed by atoms with Crippen molar-refractivity contribution >= 4 is 29.0 Å². The summed E-state index contributed by atoms with van der Waals surface area (Å²) in [5, 5.41) is 3.33. The molecule has 0 spiro atoms. The quantitative estimate of drug-likeness (QED) is 0.537. The number of nitrogens with zero attached hydrogens (tertiary/aromatic N) is 6. The zero-order valence-electron chi connectivity index (χ0n) is 25.4. The molecule has 2 saturated heterocycles. The number of hydrogen-bond acceptors (Lipinski definition) is 7. The molecule has 5 atom stereocenters. The summed E-state index contributed by atoms with van der Waals surface area (Å²) >= 11 is 0. The molecule has 9 nitrogen and oxygen atoms in total. The number of benzene rings is 1. The molecule has 3 aliphatic heterocycles. The van der Waals surface area contributed by atoms with Crippen molar-refractivity contribution in [2.75, 3.05) is 49.1 Å². The number of alkyl halides is 1. The fourth-order valence-corrected chi connectivity index (χ4v) is 7.83. The molecule has 1 N–H and O–H groups in total. The Morgan fingerprint density at radius 1 is 1.09 bits per heavy atom. The first-order valence-corrected chi connectivity index (χ1v) is 15.9. The molecule has 3 fully saturated rings. The van der Waals surface area contributed by atoms with Gasteiger partial charge in [-0.15, -0.1) is 0 Å². The number of aromatic nitrogens is 2. The number of carbonyl (C=O) groups is 2. The van der Waals surface area contributed by atoms with Crippen LogP contribution in [0, 0.1) is 17.7 Å². The molecule has 1 aromatic heterocycles. The van der Waals surface area contributed by atoms with E-state index in [2.05, 4.69) is 20.2 Å². The van der Waals surface area contributed by atoms with Gasteiger partial charge in [-0.2, -0.15) is 0 Å². The minimum atomic E-state index is -0.895. The molecular formula is C32H43F2N7O2. The highest BCUT2D eigenvalue weighted by atomic mass is 19.1. The molecule has 0 radical (unpaired) electrons. The highest BCUT2D eigenvalue weighted by Gasteiger charge is 2.49. The van der Waals surface area contributed by atoms with Crippen LogP contribution >= 0.6 is 0 Å². The molecule has 43 heavy (non-hydrogen) atoms. The second-order valence-electron chi connectivity index (χ2n) is 12.6. The summed E-state index contributed by atoms with van der Waals surface area (Å²) in [5.74, 6) is 0.227. The summed E-state index contributed by atoms with van der Waals surface area (Å²) in [6.45, 7) is 9.61. The minimum absolute atomic E-state index is 0.0230. The number of fused-ring (bicyclic) bond motifs is 2. The lowest BCUT2D eigenvalue weighted by molar-refractivity contribution is -0.134. The van der Waals surface area contributed by atoms with Crippen molar-refractivity contribution in [3.63, 3.8) is 0 Å². The summed E-state index contributed by atoms with van der Waals surface area (Å²) < 4.78 is 29.1. The molecule has 4 aliphatic rings. The van der Waals surface area contributed by atoms with Crippen LogP contribution in [-0.4, -0.2) is 95.1 Å². The lowest BCUT2D eigenvalue weighted by atomic mass is 9.92. The Labute approximate surface area is 252 Å². The third kappa shape index (κ3) is 5.56.